The summed E-state index contributed by atoms with van der Waals surface area (Å²) in [5.41, 5.74) is 2.48. The molecule has 0 aliphatic carbocycles. The Labute approximate surface area is 166 Å². The van der Waals surface area contributed by atoms with Crippen molar-refractivity contribution in [2.24, 2.45) is 0 Å². The van der Waals surface area contributed by atoms with Crippen LogP contribution in [0.2, 0.25) is 0 Å². The van der Waals surface area contributed by atoms with E-state index in [9.17, 15) is 4.79 Å². The lowest BCUT2D eigenvalue weighted by Gasteiger charge is -2.12. The van der Waals surface area contributed by atoms with E-state index in [1.807, 2.05) is 42.6 Å². The Hall–Kier alpha value is -2.80. The van der Waals surface area contributed by atoms with E-state index in [0.717, 1.165) is 15.7 Å². The number of anilines is 1. The summed E-state index contributed by atoms with van der Waals surface area (Å²) in [4.78, 5) is 12.5. The molecule has 1 aromatic heterocycles. The number of aryl methyl sites for hydroxylation is 1. The van der Waals surface area contributed by atoms with Gasteiger partial charge in [-0.05, 0) is 48.4 Å². The Kier molecular flexibility index (Phi) is 6.13. The number of ether oxygens (including phenoxy) is 2. The van der Waals surface area contributed by atoms with Crippen LogP contribution in [0, 0.1) is 0 Å². The van der Waals surface area contributed by atoms with E-state index in [4.69, 9.17) is 9.47 Å². The molecular formula is C20H20BrN3O3. The molecule has 140 valence electrons. The molecule has 7 heteroatoms. The molecule has 0 atom stereocenters. The van der Waals surface area contributed by atoms with Gasteiger partial charge < -0.3 is 14.8 Å². The second-order valence-corrected chi connectivity index (χ2v) is 6.80. The zero-order valence-electron chi connectivity index (χ0n) is 15.1. The number of benzene rings is 2. The van der Waals surface area contributed by atoms with E-state index in [1.54, 1.807) is 31.2 Å². The number of carbonyl (C=O) groups excluding carboxylic acids is 1. The summed E-state index contributed by atoms with van der Waals surface area (Å²) < 4.78 is 13.1. The first-order chi connectivity index (χ1) is 13.1. The molecule has 3 aromatic rings. The first kappa shape index (κ1) is 19.0. The second kappa shape index (κ2) is 8.73. The van der Waals surface area contributed by atoms with Crippen molar-refractivity contribution in [2.75, 3.05) is 19.5 Å². The smallest absolute Gasteiger partial charge is 0.224 e. The van der Waals surface area contributed by atoms with E-state index in [2.05, 4.69) is 26.3 Å². The quantitative estimate of drug-likeness (QED) is 0.610. The number of hydrogen-bond acceptors (Lipinski definition) is 4. The van der Waals surface area contributed by atoms with Crippen LogP contribution in [0.25, 0.3) is 5.69 Å². The van der Waals surface area contributed by atoms with Crippen LogP contribution in [0.15, 0.2) is 59.3 Å². The summed E-state index contributed by atoms with van der Waals surface area (Å²) in [7, 11) is 3.21. The van der Waals surface area contributed by atoms with Gasteiger partial charge in [0.2, 0.25) is 5.91 Å². The molecule has 27 heavy (non-hydrogen) atoms. The second-order valence-electron chi connectivity index (χ2n) is 5.88. The fraction of sp³-hybridized carbons (Fsp3) is 0.200. The van der Waals surface area contributed by atoms with Crippen molar-refractivity contribution in [1.29, 1.82) is 0 Å². The number of rotatable bonds is 7. The van der Waals surface area contributed by atoms with Gasteiger partial charge in [-0.2, -0.15) is 5.10 Å². The Balaban J connectivity index is 1.71. The predicted octanol–water partition coefficient (Wildman–Crippen LogP) is 4.22. The Morgan fingerprint density at radius 1 is 1.15 bits per heavy atom. The van der Waals surface area contributed by atoms with Gasteiger partial charge in [0.15, 0.2) is 0 Å². The highest BCUT2D eigenvalue weighted by molar-refractivity contribution is 9.10. The first-order valence-corrected chi connectivity index (χ1v) is 9.19. The molecule has 2 aromatic carbocycles. The highest BCUT2D eigenvalue weighted by atomic mass is 79.9. The van der Waals surface area contributed by atoms with E-state index in [1.165, 1.54) is 0 Å². The van der Waals surface area contributed by atoms with Crippen molar-refractivity contribution in [3.8, 4) is 17.2 Å². The number of methoxy groups -OCH3 is 2. The fourth-order valence-electron chi connectivity index (χ4n) is 2.70. The number of amides is 1. The number of aromatic nitrogens is 2. The normalized spacial score (nSPS) is 10.5. The molecule has 0 saturated carbocycles. The monoisotopic (exact) mass is 429 g/mol. The van der Waals surface area contributed by atoms with E-state index < -0.39 is 0 Å². The third kappa shape index (κ3) is 4.89. The van der Waals surface area contributed by atoms with Crippen LogP contribution in [-0.4, -0.2) is 29.9 Å². The summed E-state index contributed by atoms with van der Waals surface area (Å²) >= 11 is 3.45. The Bertz CT molecular complexity index is 904. The average molecular weight is 430 g/mol. The van der Waals surface area contributed by atoms with Crippen molar-refractivity contribution >= 4 is 27.5 Å². The molecule has 0 bridgehead atoms. The largest absolute Gasteiger partial charge is 0.497 e. The van der Waals surface area contributed by atoms with Crippen LogP contribution in [0.3, 0.4) is 0 Å². The molecular weight excluding hydrogens is 410 g/mol. The zero-order chi connectivity index (χ0) is 19.2. The lowest BCUT2D eigenvalue weighted by molar-refractivity contribution is -0.116. The minimum absolute atomic E-state index is 0.0803. The van der Waals surface area contributed by atoms with Crippen molar-refractivity contribution in [1.82, 2.24) is 9.78 Å². The summed E-state index contributed by atoms with van der Waals surface area (Å²) in [5.74, 6) is 1.33. The lowest BCUT2D eigenvalue weighted by atomic mass is 10.1. The molecule has 0 unspecified atom stereocenters. The molecule has 1 heterocycles. The molecule has 0 radical (unpaired) electrons. The zero-order valence-corrected chi connectivity index (χ0v) is 16.7. The molecule has 1 amide bonds. The molecule has 1 N–H and O–H groups in total. The number of carbonyl (C=O) groups is 1. The first-order valence-electron chi connectivity index (χ1n) is 8.40. The fourth-order valence-corrected chi connectivity index (χ4v) is 3.06. The highest BCUT2D eigenvalue weighted by Crippen LogP contribution is 2.26. The molecule has 0 aliphatic rings. The van der Waals surface area contributed by atoms with Crippen molar-refractivity contribution in [3.63, 3.8) is 0 Å². The molecule has 3 rings (SSSR count). The van der Waals surface area contributed by atoms with Crippen LogP contribution < -0.4 is 14.8 Å². The molecule has 0 aliphatic heterocycles. The van der Waals surface area contributed by atoms with Gasteiger partial charge in [0.1, 0.15) is 11.5 Å². The van der Waals surface area contributed by atoms with Crippen LogP contribution in [0.1, 0.15) is 12.0 Å². The van der Waals surface area contributed by atoms with Crippen LogP contribution in [0.4, 0.5) is 5.69 Å². The maximum atomic E-state index is 12.5. The van der Waals surface area contributed by atoms with Gasteiger partial charge in [0.25, 0.3) is 0 Å². The number of nitrogens with zero attached hydrogens (tertiary/aromatic N) is 2. The van der Waals surface area contributed by atoms with Crippen molar-refractivity contribution in [3.05, 3.63) is 64.9 Å². The minimum Gasteiger partial charge on any atom is -0.497 e. The maximum Gasteiger partial charge on any atom is 0.224 e. The van der Waals surface area contributed by atoms with Crippen molar-refractivity contribution < 1.29 is 14.3 Å². The third-order valence-electron chi connectivity index (χ3n) is 4.04. The Morgan fingerprint density at radius 2 is 1.89 bits per heavy atom. The maximum absolute atomic E-state index is 12.5. The number of halogens is 1. The average Bonchev–Trinajstić information content (AvgIpc) is 3.20. The lowest BCUT2D eigenvalue weighted by Crippen LogP contribution is -2.14. The third-order valence-corrected chi connectivity index (χ3v) is 4.53. The van der Waals surface area contributed by atoms with Gasteiger partial charge in [-0.3, -0.25) is 4.79 Å². The molecule has 0 spiro atoms. The standard InChI is InChI=1S/C20H20BrN3O3/c1-26-16-10-14(11-17(13-16)27-2)4-7-20(25)23-18-12-15(21)5-6-19(18)24-9-3-8-22-24/h3,5-6,8-13H,4,7H2,1-2H3,(H,23,25). The van der Waals surface area contributed by atoms with Crippen LogP contribution in [-0.2, 0) is 11.2 Å². The van der Waals surface area contributed by atoms with Gasteiger partial charge in [0.05, 0.1) is 25.6 Å². The summed E-state index contributed by atoms with van der Waals surface area (Å²) in [6.45, 7) is 0. The molecule has 6 nitrogen and oxygen atoms in total. The van der Waals surface area contributed by atoms with Crippen LogP contribution in [0.5, 0.6) is 11.5 Å². The van der Waals surface area contributed by atoms with Gasteiger partial charge in [-0.25, -0.2) is 4.68 Å². The molecule has 0 fully saturated rings. The topological polar surface area (TPSA) is 65.4 Å². The van der Waals surface area contributed by atoms with Crippen LogP contribution >= 0.6 is 15.9 Å². The summed E-state index contributed by atoms with van der Waals surface area (Å²) in [6.07, 6.45) is 4.44. The summed E-state index contributed by atoms with van der Waals surface area (Å²) in [6, 6.07) is 13.1. The SMILES string of the molecule is COc1cc(CCC(=O)Nc2cc(Br)ccc2-n2cccn2)cc(OC)c1. The van der Waals surface area contributed by atoms with Gasteiger partial charge >= 0.3 is 0 Å². The minimum atomic E-state index is -0.0803. The van der Waals surface area contributed by atoms with Gasteiger partial charge in [-0.1, -0.05) is 15.9 Å². The van der Waals surface area contributed by atoms with Gasteiger partial charge in [0, 0.05) is 29.4 Å². The van der Waals surface area contributed by atoms with Crippen molar-refractivity contribution in [2.45, 2.75) is 12.8 Å². The summed E-state index contributed by atoms with van der Waals surface area (Å²) in [5, 5.41) is 7.21. The number of hydrogen-bond donors (Lipinski definition) is 1. The number of nitrogens with one attached hydrogen (secondary N) is 1. The van der Waals surface area contributed by atoms with E-state index in [-0.39, 0.29) is 5.91 Å². The van der Waals surface area contributed by atoms with E-state index in [0.29, 0.717) is 30.0 Å². The Morgan fingerprint density at radius 3 is 2.52 bits per heavy atom. The predicted molar refractivity (Wildman–Crippen MR) is 108 cm³/mol. The molecule has 0 saturated heterocycles. The van der Waals surface area contributed by atoms with E-state index >= 15 is 0 Å². The highest BCUT2D eigenvalue weighted by Gasteiger charge is 2.11. The van der Waals surface area contributed by atoms with Gasteiger partial charge in [-0.15, -0.1) is 0 Å².